The van der Waals surface area contributed by atoms with E-state index in [0.29, 0.717) is 0 Å². The van der Waals surface area contributed by atoms with E-state index in [-0.39, 0.29) is 10.8 Å². The van der Waals surface area contributed by atoms with Crippen LogP contribution < -0.4 is 9.64 Å². The molecule has 1 aromatic heterocycles. The average Bonchev–Trinajstić information content (AvgIpc) is 2.63. The predicted octanol–water partition coefficient (Wildman–Crippen LogP) is 7.86. The highest BCUT2D eigenvalue weighted by atomic mass is 127. The Morgan fingerprint density at radius 1 is 0.759 bits per heavy atom. The summed E-state index contributed by atoms with van der Waals surface area (Å²) in [6.07, 6.45) is 1.86. The first-order chi connectivity index (χ1) is 13.5. The van der Waals surface area contributed by atoms with Gasteiger partial charge in [-0.25, -0.2) is 0 Å². The molecule has 29 heavy (non-hydrogen) atoms. The van der Waals surface area contributed by atoms with Gasteiger partial charge in [-0.2, -0.15) is 0 Å². The molecular formula is C25H27IN2O. The molecule has 1 aliphatic rings. The summed E-state index contributed by atoms with van der Waals surface area (Å²) in [6, 6.07) is 17.3. The second-order valence-corrected chi connectivity index (χ2v) is 10.7. The van der Waals surface area contributed by atoms with E-state index in [4.69, 9.17) is 4.74 Å². The molecule has 0 bridgehead atoms. The number of hydrogen-bond acceptors (Lipinski definition) is 3. The van der Waals surface area contributed by atoms with E-state index in [0.717, 1.165) is 32.3 Å². The topological polar surface area (TPSA) is 25.4 Å². The van der Waals surface area contributed by atoms with Gasteiger partial charge in [-0.3, -0.25) is 4.98 Å². The molecule has 0 unspecified atom stereocenters. The number of aromatic nitrogens is 1. The van der Waals surface area contributed by atoms with Crippen molar-refractivity contribution in [2.75, 3.05) is 4.90 Å². The quantitative estimate of drug-likeness (QED) is 0.197. The summed E-state index contributed by atoms with van der Waals surface area (Å²) < 4.78 is 7.44. The Morgan fingerprint density at radius 3 is 1.72 bits per heavy atom. The molecule has 0 radical (unpaired) electrons. The highest BCUT2D eigenvalue weighted by Crippen LogP contribution is 2.52. The zero-order valence-corrected chi connectivity index (χ0v) is 20.0. The Kier molecular flexibility index (Phi) is 4.88. The minimum absolute atomic E-state index is 0.0583. The van der Waals surface area contributed by atoms with Crippen LogP contribution in [-0.2, 0) is 10.8 Å². The third kappa shape index (κ3) is 3.87. The second kappa shape index (κ2) is 7.01. The lowest BCUT2D eigenvalue weighted by atomic mass is 9.86. The Hall–Kier alpha value is -2.08. The maximum absolute atomic E-state index is 6.47. The lowest BCUT2D eigenvalue weighted by Crippen LogP contribution is -2.19. The number of nitrogens with zero attached hydrogens (tertiary/aromatic N) is 2. The van der Waals surface area contributed by atoms with Gasteiger partial charge in [-0.15, -0.1) is 0 Å². The standard InChI is InChI=1S/C25H27IN2O/c1-24(2,3)16-7-9-19-21(13-16)29-22-14-17(25(4,5)6)8-10-20(22)28(19)18-11-12-27-23(26)15-18/h7-15H,1-6H3. The van der Waals surface area contributed by atoms with Crippen LogP contribution in [0.1, 0.15) is 52.7 Å². The third-order valence-electron chi connectivity index (χ3n) is 5.32. The molecule has 3 aromatic rings. The molecule has 4 rings (SSSR count). The molecule has 0 fully saturated rings. The van der Waals surface area contributed by atoms with Crippen molar-refractivity contribution in [3.63, 3.8) is 0 Å². The van der Waals surface area contributed by atoms with E-state index in [9.17, 15) is 0 Å². The zero-order chi connectivity index (χ0) is 21.0. The number of benzene rings is 2. The van der Waals surface area contributed by atoms with Gasteiger partial charge in [0.05, 0.1) is 17.1 Å². The van der Waals surface area contributed by atoms with Crippen LogP contribution in [0.15, 0.2) is 54.7 Å². The second-order valence-electron chi connectivity index (χ2n) is 9.64. The molecule has 0 atom stereocenters. The zero-order valence-electron chi connectivity index (χ0n) is 17.9. The van der Waals surface area contributed by atoms with Crippen molar-refractivity contribution >= 4 is 39.7 Å². The maximum Gasteiger partial charge on any atom is 0.151 e. The number of anilines is 3. The molecule has 0 N–H and O–H groups in total. The Morgan fingerprint density at radius 2 is 1.28 bits per heavy atom. The molecule has 1 aliphatic heterocycles. The van der Waals surface area contributed by atoms with Gasteiger partial charge < -0.3 is 9.64 Å². The van der Waals surface area contributed by atoms with Gasteiger partial charge in [0.2, 0.25) is 0 Å². The van der Waals surface area contributed by atoms with E-state index >= 15 is 0 Å². The monoisotopic (exact) mass is 498 g/mol. The maximum atomic E-state index is 6.47. The van der Waals surface area contributed by atoms with Gasteiger partial charge >= 0.3 is 0 Å². The van der Waals surface area contributed by atoms with E-state index in [1.54, 1.807) is 0 Å². The van der Waals surface area contributed by atoms with Gasteiger partial charge in [0.25, 0.3) is 0 Å². The molecule has 0 saturated carbocycles. The van der Waals surface area contributed by atoms with Crippen molar-refractivity contribution in [3.05, 3.63) is 69.6 Å². The summed E-state index contributed by atoms with van der Waals surface area (Å²) in [7, 11) is 0. The van der Waals surface area contributed by atoms with Crippen molar-refractivity contribution in [1.82, 2.24) is 4.98 Å². The van der Waals surface area contributed by atoms with E-state index in [1.807, 2.05) is 6.20 Å². The number of fused-ring (bicyclic) bond motifs is 2. The number of rotatable bonds is 1. The summed E-state index contributed by atoms with van der Waals surface area (Å²) in [5.41, 5.74) is 5.83. The average molecular weight is 498 g/mol. The van der Waals surface area contributed by atoms with Crippen LogP contribution in [-0.4, -0.2) is 4.98 Å². The van der Waals surface area contributed by atoms with Crippen molar-refractivity contribution in [2.24, 2.45) is 0 Å². The van der Waals surface area contributed by atoms with Gasteiger partial charge in [-0.05, 0) is 80.9 Å². The van der Waals surface area contributed by atoms with Crippen LogP contribution in [0.25, 0.3) is 0 Å². The first-order valence-corrected chi connectivity index (χ1v) is 11.0. The summed E-state index contributed by atoms with van der Waals surface area (Å²) in [6.45, 7) is 13.4. The number of hydrogen-bond donors (Lipinski definition) is 0. The molecule has 4 heteroatoms. The number of pyridine rings is 1. The normalized spacial score (nSPS) is 13.6. The first-order valence-electron chi connectivity index (χ1n) is 9.93. The van der Waals surface area contributed by atoms with Crippen LogP contribution in [0, 0.1) is 3.70 Å². The van der Waals surface area contributed by atoms with Gasteiger partial charge in [0.1, 0.15) is 3.70 Å². The van der Waals surface area contributed by atoms with E-state index in [2.05, 4.69) is 123 Å². The fraction of sp³-hybridized carbons (Fsp3) is 0.320. The molecule has 150 valence electrons. The molecule has 2 heterocycles. The number of ether oxygens (including phenoxy) is 1. The van der Waals surface area contributed by atoms with E-state index in [1.165, 1.54) is 11.1 Å². The predicted molar refractivity (Wildman–Crippen MR) is 129 cm³/mol. The summed E-state index contributed by atoms with van der Waals surface area (Å²) in [5.74, 6) is 1.78. The largest absolute Gasteiger partial charge is 0.453 e. The molecular weight excluding hydrogens is 471 g/mol. The van der Waals surface area contributed by atoms with Gasteiger partial charge in [-0.1, -0.05) is 53.7 Å². The van der Waals surface area contributed by atoms with Crippen molar-refractivity contribution in [3.8, 4) is 11.5 Å². The van der Waals surface area contributed by atoms with Gasteiger partial charge in [0, 0.05) is 6.20 Å². The van der Waals surface area contributed by atoms with Crippen molar-refractivity contribution in [1.29, 1.82) is 0 Å². The summed E-state index contributed by atoms with van der Waals surface area (Å²) in [4.78, 5) is 6.64. The highest BCUT2D eigenvalue weighted by molar-refractivity contribution is 14.1. The van der Waals surface area contributed by atoms with Crippen LogP contribution in [0.5, 0.6) is 11.5 Å². The summed E-state index contributed by atoms with van der Waals surface area (Å²) >= 11 is 2.26. The van der Waals surface area contributed by atoms with Gasteiger partial charge in [0.15, 0.2) is 11.5 Å². The molecule has 0 saturated heterocycles. The van der Waals surface area contributed by atoms with Crippen LogP contribution in [0.4, 0.5) is 17.1 Å². The Balaban J connectivity index is 1.93. The molecule has 3 nitrogen and oxygen atoms in total. The number of halogens is 1. The lowest BCUT2D eigenvalue weighted by molar-refractivity contribution is 0.469. The fourth-order valence-electron chi connectivity index (χ4n) is 3.55. The smallest absolute Gasteiger partial charge is 0.151 e. The van der Waals surface area contributed by atoms with Crippen molar-refractivity contribution < 1.29 is 4.74 Å². The minimum atomic E-state index is 0.0583. The Labute approximate surface area is 187 Å². The third-order valence-corrected chi connectivity index (χ3v) is 5.91. The van der Waals surface area contributed by atoms with E-state index < -0.39 is 0 Å². The van der Waals surface area contributed by atoms with Crippen molar-refractivity contribution in [2.45, 2.75) is 52.4 Å². The minimum Gasteiger partial charge on any atom is -0.453 e. The molecule has 0 amide bonds. The fourth-order valence-corrected chi connectivity index (χ4v) is 4.03. The lowest BCUT2D eigenvalue weighted by Gasteiger charge is -2.35. The molecule has 2 aromatic carbocycles. The first kappa shape index (κ1) is 20.2. The molecule has 0 spiro atoms. The van der Waals surface area contributed by atoms with Crippen LogP contribution in [0.2, 0.25) is 0 Å². The Bertz CT molecular complexity index is 1010. The molecule has 0 aliphatic carbocycles. The van der Waals surface area contributed by atoms with Crippen LogP contribution >= 0.6 is 22.6 Å². The highest BCUT2D eigenvalue weighted by Gasteiger charge is 2.29. The van der Waals surface area contributed by atoms with Crippen LogP contribution in [0.3, 0.4) is 0 Å². The SMILES string of the molecule is CC(C)(C)c1ccc2c(c1)Oc1cc(C(C)(C)C)ccc1N2c1ccnc(I)c1. The summed E-state index contributed by atoms with van der Waals surface area (Å²) in [5, 5.41) is 0.